The number of aliphatic hydroxyl groups is 1. The fraction of sp³-hybridized carbons (Fsp3) is 0.818. The highest BCUT2D eigenvalue weighted by Gasteiger charge is 2.51. The molecule has 0 amide bonds. The lowest BCUT2D eigenvalue weighted by Gasteiger charge is -2.20. The summed E-state index contributed by atoms with van der Waals surface area (Å²) in [4.78, 5) is 22.9. The molecule has 1 saturated heterocycles. The number of allylic oxidation sites excluding steroid dienone is 1. The second kappa shape index (κ2) is 11.6. The van der Waals surface area contributed by atoms with E-state index < -0.39 is 18.2 Å². The van der Waals surface area contributed by atoms with Crippen LogP contribution in [0.25, 0.3) is 0 Å². The van der Waals surface area contributed by atoms with Gasteiger partial charge in [-0.2, -0.15) is 0 Å². The molecule has 0 bridgehead atoms. The van der Waals surface area contributed by atoms with Crippen molar-refractivity contribution in [3.63, 3.8) is 0 Å². The van der Waals surface area contributed by atoms with E-state index >= 15 is 0 Å². The summed E-state index contributed by atoms with van der Waals surface area (Å²) in [5.74, 6) is -1.46. The number of methoxy groups -OCH3 is 1. The molecule has 2 rings (SSSR count). The zero-order valence-electron chi connectivity index (χ0n) is 17.5. The van der Waals surface area contributed by atoms with Crippen LogP contribution in [0.5, 0.6) is 0 Å². The van der Waals surface area contributed by atoms with E-state index in [-0.39, 0.29) is 42.4 Å². The number of carboxylic acid groups (broad SMARTS) is 1. The molecule has 2 aliphatic rings. The molecule has 1 aliphatic carbocycles. The average molecular weight is 415 g/mol. The predicted molar refractivity (Wildman–Crippen MR) is 106 cm³/mol. The van der Waals surface area contributed by atoms with Gasteiger partial charge in [0.15, 0.2) is 0 Å². The molecule has 2 fully saturated rings. The Morgan fingerprint density at radius 1 is 1.28 bits per heavy atom. The molecule has 1 heterocycles. The quantitative estimate of drug-likeness (QED) is 0.288. The number of rotatable bonds is 12. The first-order valence-electron chi connectivity index (χ1n) is 10.8. The minimum Gasteiger partial charge on any atom is -0.481 e. The second-order valence-electron chi connectivity index (χ2n) is 8.31. The maximum atomic E-state index is 14.1. The number of ether oxygens (including phenoxy) is 2. The molecule has 1 saturated carbocycles. The van der Waals surface area contributed by atoms with Crippen LogP contribution in [0.1, 0.15) is 64.7 Å². The summed E-state index contributed by atoms with van der Waals surface area (Å²) in [5, 5.41) is 18.8. The summed E-state index contributed by atoms with van der Waals surface area (Å²) in [6.07, 6.45) is 6.42. The van der Waals surface area contributed by atoms with Gasteiger partial charge in [0.05, 0.1) is 25.2 Å². The number of aliphatic carboxylic acids is 1. The van der Waals surface area contributed by atoms with Crippen LogP contribution in [0.2, 0.25) is 0 Å². The molecule has 5 unspecified atom stereocenters. The highest BCUT2D eigenvalue weighted by Crippen LogP contribution is 2.48. The van der Waals surface area contributed by atoms with Gasteiger partial charge < -0.3 is 19.7 Å². The smallest absolute Gasteiger partial charge is 0.309 e. The molecule has 1 aliphatic heterocycles. The van der Waals surface area contributed by atoms with Crippen molar-refractivity contribution in [1.82, 2.24) is 0 Å². The molecule has 0 spiro atoms. The molecule has 29 heavy (non-hydrogen) atoms. The first kappa shape index (κ1) is 23.8. The molecule has 2 N–H and O–H groups in total. The predicted octanol–water partition coefficient (Wildman–Crippen LogP) is 3.66. The number of alkyl halides is 1. The Hall–Kier alpha value is -1.47. The van der Waals surface area contributed by atoms with Gasteiger partial charge in [-0.15, -0.1) is 0 Å². The highest BCUT2D eigenvalue weighted by molar-refractivity contribution is 5.73. The number of fused-ring (bicyclic) bond motifs is 1. The van der Waals surface area contributed by atoms with Gasteiger partial charge in [-0.05, 0) is 43.9 Å². The summed E-state index contributed by atoms with van der Waals surface area (Å²) in [6.45, 7) is 1.98. The minimum atomic E-state index is -1.30. The van der Waals surface area contributed by atoms with Crippen molar-refractivity contribution in [2.24, 2.45) is 17.8 Å². The minimum absolute atomic E-state index is 0.0525. The van der Waals surface area contributed by atoms with Crippen LogP contribution in [0.3, 0.4) is 0 Å². The van der Waals surface area contributed by atoms with E-state index in [4.69, 9.17) is 14.6 Å². The number of hydrogen-bond acceptors (Lipinski definition) is 5. The van der Waals surface area contributed by atoms with Crippen LogP contribution in [-0.4, -0.2) is 53.7 Å². The fourth-order valence-corrected chi connectivity index (χ4v) is 4.65. The van der Waals surface area contributed by atoms with E-state index in [0.29, 0.717) is 19.3 Å². The van der Waals surface area contributed by atoms with Crippen LogP contribution in [-0.2, 0) is 19.1 Å². The van der Waals surface area contributed by atoms with E-state index in [2.05, 4.69) is 0 Å². The van der Waals surface area contributed by atoms with Gasteiger partial charge in [-0.25, -0.2) is 4.39 Å². The molecule has 0 aromatic heterocycles. The van der Waals surface area contributed by atoms with E-state index in [1.54, 1.807) is 6.08 Å². The fourth-order valence-electron chi connectivity index (χ4n) is 4.65. The molecule has 0 radical (unpaired) electrons. The van der Waals surface area contributed by atoms with Crippen LogP contribution >= 0.6 is 0 Å². The number of unbranched alkanes of at least 4 members (excludes halogenated alkanes) is 2. The summed E-state index contributed by atoms with van der Waals surface area (Å²) in [5.41, 5.74) is 0. The van der Waals surface area contributed by atoms with Crippen molar-refractivity contribution in [2.45, 2.75) is 89.2 Å². The zero-order valence-corrected chi connectivity index (χ0v) is 17.5. The lowest BCUT2D eigenvalue weighted by atomic mass is 9.85. The first-order valence-corrected chi connectivity index (χ1v) is 10.8. The SMILES string of the molecule is CCCCC(F)C(O)/C=C/[C@H]1C(C(=O)OC)CC2OC(CCCCC(=O)O)C[C@@H]21. The van der Waals surface area contributed by atoms with Gasteiger partial charge in [-0.1, -0.05) is 38.3 Å². The van der Waals surface area contributed by atoms with Gasteiger partial charge in [0.2, 0.25) is 0 Å². The van der Waals surface area contributed by atoms with Gasteiger partial charge >= 0.3 is 11.9 Å². The number of carbonyl (C=O) groups is 2. The molecule has 7 atom stereocenters. The van der Waals surface area contributed by atoms with Gasteiger partial charge in [0.1, 0.15) is 12.3 Å². The first-order chi connectivity index (χ1) is 13.9. The van der Waals surface area contributed by atoms with Gasteiger partial charge in [0, 0.05) is 6.42 Å². The normalized spacial score (nSPS) is 31.0. The number of carboxylic acids is 1. The summed E-state index contributed by atoms with van der Waals surface area (Å²) >= 11 is 0. The number of halogens is 1. The van der Waals surface area contributed by atoms with Crippen molar-refractivity contribution in [2.75, 3.05) is 7.11 Å². The van der Waals surface area contributed by atoms with Crippen LogP contribution in [0, 0.1) is 17.8 Å². The van der Waals surface area contributed by atoms with E-state index in [1.807, 2.05) is 6.92 Å². The largest absolute Gasteiger partial charge is 0.481 e. The van der Waals surface area contributed by atoms with Crippen molar-refractivity contribution < 1.29 is 33.7 Å². The molecular weight excluding hydrogens is 379 g/mol. The Labute approximate surface area is 172 Å². The lowest BCUT2D eigenvalue weighted by molar-refractivity contribution is -0.146. The van der Waals surface area contributed by atoms with Crippen LogP contribution in [0.4, 0.5) is 4.39 Å². The lowest BCUT2D eigenvalue weighted by Crippen LogP contribution is -2.25. The topological polar surface area (TPSA) is 93.1 Å². The Kier molecular flexibility index (Phi) is 9.56. The molecule has 7 heteroatoms. The van der Waals surface area contributed by atoms with E-state index in [1.165, 1.54) is 13.2 Å². The summed E-state index contributed by atoms with van der Waals surface area (Å²) in [6, 6.07) is 0. The number of aliphatic hydroxyl groups excluding tert-OH is 1. The summed E-state index contributed by atoms with van der Waals surface area (Å²) < 4.78 is 25.2. The molecule has 166 valence electrons. The number of esters is 1. The summed E-state index contributed by atoms with van der Waals surface area (Å²) in [7, 11) is 1.36. The maximum absolute atomic E-state index is 14.1. The molecule has 0 aromatic rings. The zero-order chi connectivity index (χ0) is 21.4. The Balaban J connectivity index is 1.96. The number of hydrogen-bond donors (Lipinski definition) is 2. The van der Waals surface area contributed by atoms with Crippen LogP contribution in [0.15, 0.2) is 12.2 Å². The van der Waals surface area contributed by atoms with Gasteiger partial charge in [-0.3, -0.25) is 9.59 Å². The Morgan fingerprint density at radius 3 is 2.69 bits per heavy atom. The standard InChI is InChI=1S/C22H35FO6/c1-3-4-8-18(23)19(24)11-10-15-16-12-14(7-5-6-9-21(25)26)29-20(16)13-17(15)22(27)28-2/h10-11,14-20,24H,3-9,12-13H2,1-2H3,(H,25,26)/b11-10+/t14?,15-,16-,17?,18?,19?,20?/m1/s1. The van der Waals surface area contributed by atoms with E-state index in [9.17, 15) is 19.1 Å². The van der Waals surface area contributed by atoms with Crippen molar-refractivity contribution in [3.8, 4) is 0 Å². The molecular formula is C22H35FO6. The third-order valence-electron chi connectivity index (χ3n) is 6.23. The second-order valence-corrected chi connectivity index (χ2v) is 8.31. The molecule has 0 aromatic carbocycles. The third-order valence-corrected chi connectivity index (χ3v) is 6.23. The molecule has 6 nitrogen and oxygen atoms in total. The van der Waals surface area contributed by atoms with E-state index in [0.717, 1.165) is 32.1 Å². The average Bonchev–Trinajstić information content (AvgIpc) is 3.24. The van der Waals surface area contributed by atoms with Crippen LogP contribution < -0.4 is 0 Å². The Bertz CT molecular complexity index is 566. The van der Waals surface area contributed by atoms with Crippen molar-refractivity contribution in [1.29, 1.82) is 0 Å². The Morgan fingerprint density at radius 2 is 2.03 bits per heavy atom. The highest BCUT2D eigenvalue weighted by atomic mass is 19.1. The monoisotopic (exact) mass is 414 g/mol. The van der Waals surface area contributed by atoms with Crippen molar-refractivity contribution in [3.05, 3.63) is 12.2 Å². The number of carbonyl (C=O) groups excluding carboxylic acids is 1. The van der Waals surface area contributed by atoms with Gasteiger partial charge in [0.25, 0.3) is 0 Å². The third kappa shape index (κ3) is 6.78. The maximum Gasteiger partial charge on any atom is 0.309 e. The van der Waals surface area contributed by atoms with Crippen molar-refractivity contribution >= 4 is 11.9 Å².